The zero-order valence-corrected chi connectivity index (χ0v) is 23.0. The van der Waals surface area contributed by atoms with Gasteiger partial charge in [-0.1, -0.05) is 13.8 Å². The normalized spacial score (nSPS) is 54.4. The number of carbonyl (C=O) groups excluding carboxylic acids is 1. The lowest BCUT2D eigenvalue weighted by Crippen LogP contribution is -2.67. The van der Waals surface area contributed by atoms with Gasteiger partial charge >= 0.3 is 0 Å². The quantitative estimate of drug-likeness (QED) is 0.353. The number of amides is 1. The molecule has 5 aliphatic rings. The summed E-state index contributed by atoms with van der Waals surface area (Å²) >= 11 is 0. The first kappa shape index (κ1) is 28.5. The Kier molecular flexibility index (Phi) is 7.86. The van der Waals surface area contributed by atoms with Crippen molar-refractivity contribution in [2.24, 2.45) is 40.2 Å². The van der Waals surface area contributed by atoms with Crippen LogP contribution in [0.1, 0.15) is 78.6 Å². The number of nitrogens with one attached hydrogen (secondary N) is 1. The number of rotatable bonds is 3. The molecule has 5 rings (SSSR count). The SMILES string of the molecule is CNC(=O)C1CC[C@@]2(N)[C@@H]3CCC4CC(O[C@@H]5O[C@H](C)[C@@H](O)[C@H](O)[C@@H]5O)CC[C@]4(C)[C@@H]3CC[C@]12C.Cl. The minimum atomic E-state index is -1.27. The van der Waals surface area contributed by atoms with Crippen molar-refractivity contribution >= 4 is 18.3 Å². The van der Waals surface area contributed by atoms with Crippen LogP contribution in [0.5, 0.6) is 0 Å². The van der Waals surface area contributed by atoms with E-state index in [2.05, 4.69) is 19.2 Å². The number of halogens is 1. The van der Waals surface area contributed by atoms with Crippen LogP contribution in [0.25, 0.3) is 0 Å². The van der Waals surface area contributed by atoms with E-state index in [1.54, 1.807) is 14.0 Å². The summed E-state index contributed by atoms with van der Waals surface area (Å²) in [5.74, 6) is 1.66. The van der Waals surface area contributed by atoms with E-state index in [1.807, 2.05) is 0 Å². The standard InChI is InChI=1S/C27H46N2O6.ClH/c1-14-20(30)21(31)22(32)24(34-14)35-16-7-10-25(2)15(13-16)5-6-18-17(25)8-11-26(3)19(23(33)29-4)9-12-27(18,26)28;/h14-22,24,30-32H,5-13,28H2,1-4H3,(H,29,33);1H/t14-,15?,16?,17-,18-,19?,20-,21+,22+,24+,25+,26-,27-;/m1./s1. The third-order valence-electron chi connectivity index (χ3n) is 11.7. The number of hydrogen-bond donors (Lipinski definition) is 5. The average Bonchev–Trinajstić information content (AvgIpc) is 3.12. The van der Waals surface area contributed by atoms with E-state index in [4.69, 9.17) is 15.2 Å². The largest absolute Gasteiger partial charge is 0.388 e. The van der Waals surface area contributed by atoms with E-state index in [-0.39, 0.29) is 46.7 Å². The molecule has 0 aromatic carbocycles. The number of carbonyl (C=O) groups is 1. The summed E-state index contributed by atoms with van der Waals surface area (Å²) < 4.78 is 11.9. The molecule has 0 aromatic heterocycles. The minimum Gasteiger partial charge on any atom is -0.388 e. The topological polar surface area (TPSA) is 134 Å². The molecule has 208 valence electrons. The van der Waals surface area contributed by atoms with Gasteiger partial charge in [0.15, 0.2) is 6.29 Å². The second-order valence-electron chi connectivity index (χ2n) is 12.9. The number of nitrogens with two attached hydrogens (primary N) is 1. The molecule has 4 aliphatic carbocycles. The summed E-state index contributed by atoms with van der Waals surface area (Å²) in [5, 5.41) is 33.4. The van der Waals surface area contributed by atoms with Crippen LogP contribution in [0, 0.1) is 34.5 Å². The molecular weight excluding hydrogens is 484 g/mol. The van der Waals surface area contributed by atoms with Gasteiger partial charge in [0, 0.05) is 18.5 Å². The summed E-state index contributed by atoms with van der Waals surface area (Å²) in [6.45, 7) is 6.42. The lowest BCUT2D eigenvalue weighted by molar-refractivity contribution is -0.309. The third kappa shape index (κ3) is 4.05. The van der Waals surface area contributed by atoms with E-state index in [0.717, 1.165) is 57.8 Å². The molecule has 5 fully saturated rings. The fourth-order valence-corrected chi connectivity index (χ4v) is 9.32. The highest BCUT2D eigenvalue weighted by atomic mass is 35.5. The number of aliphatic hydroxyl groups excluding tert-OH is 3. The highest BCUT2D eigenvalue weighted by Crippen LogP contribution is 2.68. The van der Waals surface area contributed by atoms with Gasteiger partial charge in [-0.05, 0) is 93.3 Å². The molecule has 1 saturated heterocycles. The van der Waals surface area contributed by atoms with Crippen molar-refractivity contribution in [3.63, 3.8) is 0 Å². The van der Waals surface area contributed by atoms with Gasteiger partial charge in [0.05, 0.1) is 12.2 Å². The fraction of sp³-hybridized carbons (Fsp3) is 0.963. The maximum absolute atomic E-state index is 12.7. The maximum Gasteiger partial charge on any atom is 0.223 e. The van der Waals surface area contributed by atoms with E-state index in [0.29, 0.717) is 17.8 Å². The molecule has 9 heteroatoms. The molecule has 0 bridgehead atoms. The maximum atomic E-state index is 12.7. The van der Waals surface area contributed by atoms with Crippen LogP contribution in [0.4, 0.5) is 0 Å². The van der Waals surface area contributed by atoms with Crippen molar-refractivity contribution in [2.75, 3.05) is 7.05 Å². The molecule has 1 aliphatic heterocycles. The Morgan fingerprint density at radius 3 is 2.39 bits per heavy atom. The first-order valence-electron chi connectivity index (χ1n) is 13.8. The smallest absolute Gasteiger partial charge is 0.223 e. The van der Waals surface area contributed by atoms with Crippen LogP contribution in [0.15, 0.2) is 0 Å². The summed E-state index contributed by atoms with van der Waals surface area (Å²) in [5.41, 5.74) is 7.08. The molecule has 0 radical (unpaired) electrons. The van der Waals surface area contributed by atoms with Gasteiger partial charge in [0.2, 0.25) is 5.91 Å². The first-order valence-corrected chi connectivity index (χ1v) is 13.8. The predicted molar refractivity (Wildman–Crippen MR) is 137 cm³/mol. The first-order chi connectivity index (χ1) is 16.5. The molecule has 36 heavy (non-hydrogen) atoms. The Morgan fingerprint density at radius 2 is 1.69 bits per heavy atom. The molecule has 4 saturated carbocycles. The van der Waals surface area contributed by atoms with Gasteiger partial charge in [0.1, 0.15) is 18.3 Å². The highest BCUT2D eigenvalue weighted by Gasteiger charge is 2.67. The van der Waals surface area contributed by atoms with Gasteiger partial charge in [-0.15, -0.1) is 12.4 Å². The highest BCUT2D eigenvalue weighted by molar-refractivity contribution is 5.85. The lowest BCUT2D eigenvalue weighted by atomic mass is 9.42. The summed E-state index contributed by atoms with van der Waals surface area (Å²) in [6.07, 6.45) is 3.78. The lowest BCUT2D eigenvalue weighted by Gasteiger charge is -2.64. The molecule has 8 nitrogen and oxygen atoms in total. The zero-order valence-electron chi connectivity index (χ0n) is 22.2. The van der Waals surface area contributed by atoms with Crippen LogP contribution < -0.4 is 11.1 Å². The third-order valence-corrected chi connectivity index (χ3v) is 11.7. The Morgan fingerprint density at radius 1 is 0.972 bits per heavy atom. The summed E-state index contributed by atoms with van der Waals surface area (Å²) in [7, 11) is 1.74. The van der Waals surface area contributed by atoms with Crippen LogP contribution in [0.2, 0.25) is 0 Å². The minimum absolute atomic E-state index is 0. The Bertz CT molecular complexity index is 834. The van der Waals surface area contributed by atoms with E-state index >= 15 is 0 Å². The van der Waals surface area contributed by atoms with Crippen molar-refractivity contribution in [2.45, 2.75) is 121 Å². The number of hydrogen-bond acceptors (Lipinski definition) is 7. The van der Waals surface area contributed by atoms with Crippen LogP contribution in [-0.2, 0) is 14.3 Å². The Hall–Kier alpha value is -0.480. The molecular formula is C27H47ClN2O6. The molecule has 1 heterocycles. The zero-order chi connectivity index (χ0) is 25.3. The van der Waals surface area contributed by atoms with E-state index < -0.39 is 30.7 Å². The molecule has 3 unspecified atom stereocenters. The number of aliphatic hydroxyl groups is 3. The molecule has 0 spiro atoms. The number of ether oxygens (including phenoxy) is 2. The predicted octanol–water partition coefficient (Wildman–Crippen LogP) is 2.11. The van der Waals surface area contributed by atoms with Gasteiger partial charge in [-0.2, -0.15) is 0 Å². The van der Waals surface area contributed by atoms with Crippen molar-refractivity contribution in [1.29, 1.82) is 0 Å². The fourth-order valence-electron chi connectivity index (χ4n) is 9.32. The van der Waals surface area contributed by atoms with Crippen LogP contribution in [0.3, 0.4) is 0 Å². The second kappa shape index (κ2) is 9.92. The second-order valence-corrected chi connectivity index (χ2v) is 12.9. The van der Waals surface area contributed by atoms with Crippen molar-refractivity contribution in [1.82, 2.24) is 5.32 Å². The van der Waals surface area contributed by atoms with E-state index in [1.165, 1.54) is 0 Å². The molecule has 13 atom stereocenters. The van der Waals surface area contributed by atoms with Crippen molar-refractivity contribution in [3.8, 4) is 0 Å². The average molecular weight is 531 g/mol. The van der Waals surface area contributed by atoms with E-state index in [9.17, 15) is 20.1 Å². The number of fused-ring (bicyclic) bond motifs is 5. The molecule has 0 aromatic rings. The van der Waals surface area contributed by atoms with Crippen molar-refractivity contribution < 1.29 is 29.6 Å². The molecule has 6 N–H and O–H groups in total. The summed E-state index contributed by atoms with van der Waals surface area (Å²) in [6, 6.07) is 0. The van der Waals surface area contributed by atoms with Gasteiger partial charge in [0.25, 0.3) is 0 Å². The van der Waals surface area contributed by atoms with Gasteiger partial charge in [-0.3, -0.25) is 4.79 Å². The summed E-state index contributed by atoms with van der Waals surface area (Å²) in [4.78, 5) is 12.7. The van der Waals surface area contributed by atoms with Gasteiger partial charge in [-0.25, -0.2) is 0 Å². The Labute approximate surface area is 221 Å². The Balaban J connectivity index is 0.00000304. The van der Waals surface area contributed by atoms with Crippen LogP contribution >= 0.6 is 12.4 Å². The monoisotopic (exact) mass is 530 g/mol. The molecule has 1 amide bonds. The van der Waals surface area contributed by atoms with Gasteiger partial charge < -0.3 is 35.8 Å². The van der Waals surface area contributed by atoms with Crippen LogP contribution in [-0.4, -0.2) is 70.6 Å². The van der Waals surface area contributed by atoms with Crippen molar-refractivity contribution in [3.05, 3.63) is 0 Å².